The molecule has 3 rings (SSSR count). The third-order valence-electron chi connectivity index (χ3n) is 3.24. The van der Waals surface area contributed by atoms with Gasteiger partial charge in [-0.2, -0.15) is 4.68 Å². The number of benzene rings is 1. The lowest BCUT2D eigenvalue weighted by Gasteiger charge is -2.26. The Kier molecular flexibility index (Phi) is 3.16. The highest BCUT2D eigenvalue weighted by Gasteiger charge is 2.21. The van der Waals surface area contributed by atoms with Gasteiger partial charge in [0.05, 0.1) is 23.8 Å². The van der Waals surface area contributed by atoms with Crippen molar-refractivity contribution in [3.05, 3.63) is 23.2 Å². The summed E-state index contributed by atoms with van der Waals surface area (Å²) in [5.41, 5.74) is 0.679. The molecule has 1 aliphatic heterocycles. The van der Waals surface area contributed by atoms with Gasteiger partial charge in [0.25, 0.3) is 0 Å². The number of halogens is 1. The van der Waals surface area contributed by atoms with Gasteiger partial charge in [-0.3, -0.25) is 4.79 Å². The predicted molar refractivity (Wildman–Crippen MR) is 74.1 cm³/mol. The Bertz CT molecular complexity index is 632. The van der Waals surface area contributed by atoms with Crippen LogP contribution >= 0.6 is 11.6 Å². The lowest BCUT2D eigenvalue weighted by Crippen LogP contribution is -2.36. The largest absolute Gasteiger partial charge is 0.378 e. The molecule has 1 aromatic carbocycles. The third kappa shape index (κ3) is 2.09. The summed E-state index contributed by atoms with van der Waals surface area (Å²) in [6, 6.07) is 5.59. The summed E-state index contributed by atoms with van der Waals surface area (Å²) in [6.07, 6.45) is 0. The molecule has 0 aliphatic carbocycles. The molecule has 5 nitrogen and oxygen atoms in total. The molecule has 1 aliphatic rings. The second kappa shape index (κ2) is 4.83. The van der Waals surface area contributed by atoms with Crippen LogP contribution in [0.5, 0.6) is 0 Å². The van der Waals surface area contributed by atoms with Gasteiger partial charge in [0.2, 0.25) is 5.91 Å². The van der Waals surface area contributed by atoms with Crippen LogP contribution in [0.15, 0.2) is 18.2 Å². The zero-order chi connectivity index (χ0) is 13.4. The Hall–Kier alpha value is -1.59. The molecule has 19 heavy (non-hydrogen) atoms. The van der Waals surface area contributed by atoms with Crippen molar-refractivity contribution >= 4 is 34.2 Å². The second-order valence-corrected chi connectivity index (χ2v) is 4.90. The van der Waals surface area contributed by atoms with Crippen LogP contribution in [0.4, 0.5) is 5.82 Å². The molecular weight excluding hydrogens is 266 g/mol. The number of carbonyl (C=O) groups excluding carboxylic acids is 1. The number of ether oxygens (including phenoxy) is 1. The normalized spacial score (nSPS) is 16.0. The molecule has 0 saturated carbocycles. The van der Waals surface area contributed by atoms with E-state index in [-0.39, 0.29) is 5.91 Å². The van der Waals surface area contributed by atoms with Crippen LogP contribution in [0.2, 0.25) is 5.02 Å². The van der Waals surface area contributed by atoms with Gasteiger partial charge in [-0.25, -0.2) is 0 Å². The molecule has 0 spiro atoms. The molecule has 2 heterocycles. The average molecular weight is 280 g/mol. The molecule has 0 amide bonds. The van der Waals surface area contributed by atoms with Crippen molar-refractivity contribution in [2.45, 2.75) is 6.92 Å². The highest BCUT2D eigenvalue weighted by atomic mass is 35.5. The quantitative estimate of drug-likeness (QED) is 0.803. The average Bonchev–Trinajstić information content (AvgIpc) is 2.81. The van der Waals surface area contributed by atoms with Gasteiger partial charge < -0.3 is 9.64 Å². The highest BCUT2D eigenvalue weighted by molar-refractivity contribution is 6.35. The monoisotopic (exact) mass is 279 g/mol. The summed E-state index contributed by atoms with van der Waals surface area (Å²) in [5.74, 6) is 0.661. The molecule has 0 N–H and O–H groups in total. The zero-order valence-electron chi connectivity index (χ0n) is 10.6. The van der Waals surface area contributed by atoms with Crippen LogP contribution in [0.3, 0.4) is 0 Å². The van der Waals surface area contributed by atoms with Crippen molar-refractivity contribution in [2.75, 3.05) is 31.2 Å². The van der Waals surface area contributed by atoms with E-state index in [9.17, 15) is 4.79 Å². The molecule has 0 radical (unpaired) electrons. The number of carbonyl (C=O) groups is 1. The fourth-order valence-corrected chi connectivity index (χ4v) is 2.60. The summed E-state index contributed by atoms with van der Waals surface area (Å²) < 4.78 is 6.72. The van der Waals surface area contributed by atoms with Crippen LogP contribution < -0.4 is 4.90 Å². The Labute approximate surface area is 115 Å². The van der Waals surface area contributed by atoms with Crippen LogP contribution in [-0.2, 0) is 4.74 Å². The summed E-state index contributed by atoms with van der Waals surface area (Å²) in [6.45, 7) is 4.38. The van der Waals surface area contributed by atoms with Gasteiger partial charge in [-0.05, 0) is 12.1 Å². The van der Waals surface area contributed by atoms with Gasteiger partial charge in [0.15, 0.2) is 5.82 Å². The number of morpholine rings is 1. The third-order valence-corrected chi connectivity index (χ3v) is 3.55. The van der Waals surface area contributed by atoms with Gasteiger partial charge in [-0.1, -0.05) is 17.7 Å². The summed E-state index contributed by atoms with van der Waals surface area (Å²) in [5, 5.41) is 5.87. The topological polar surface area (TPSA) is 47.4 Å². The van der Waals surface area contributed by atoms with E-state index in [0.717, 1.165) is 24.3 Å². The number of hydrogen-bond donors (Lipinski definition) is 0. The SMILES string of the molecule is CC(=O)n1nc(N2CCOCC2)c2cccc(Cl)c21. The van der Waals surface area contributed by atoms with Crippen molar-refractivity contribution in [3.63, 3.8) is 0 Å². The molecule has 6 heteroatoms. The maximum absolute atomic E-state index is 11.7. The standard InChI is InChI=1S/C13H14ClN3O2/c1-9(18)17-12-10(3-2-4-11(12)14)13(15-17)16-5-7-19-8-6-16/h2-4H,5-8H2,1H3. The van der Waals surface area contributed by atoms with E-state index in [1.165, 1.54) is 11.6 Å². The van der Waals surface area contributed by atoms with E-state index in [1.807, 2.05) is 12.1 Å². The Balaban J connectivity index is 2.19. The first-order valence-corrected chi connectivity index (χ1v) is 6.57. The van der Waals surface area contributed by atoms with Crippen molar-refractivity contribution in [1.29, 1.82) is 0 Å². The van der Waals surface area contributed by atoms with E-state index >= 15 is 0 Å². The minimum atomic E-state index is -0.141. The van der Waals surface area contributed by atoms with Crippen molar-refractivity contribution < 1.29 is 9.53 Å². The molecule has 100 valence electrons. The van der Waals surface area contributed by atoms with E-state index in [1.54, 1.807) is 6.07 Å². The first-order valence-electron chi connectivity index (χ1n) is 6.19. The molecule has 1 aromatic heterocycles. The Morgan fingerprint density at radius 1 is 1.37 bits per heavy atom. The van der Waals surface area contributed by atoms with Crippen molar-refractivity contribution in [3.8, 4) is 0 Å². The number of rotatable bonds is 1. The van der Waals surface area contributed by atoms with E-state index in [0.29, 0.717) is 23.8 Å². The second-order valence-electron chi connectivity index (χ2n) is 4.49. The van der Waals surface area contributed by atoms with Crippen molar-refractivity contribution in [1.82, 2.24) is 9.78 Å². The minimum absolute atomic E-state index is 0.141. The summed E-state index contributed by atoms with van der Waals surface area (Å²) >= 11 is 6.20. The molecule has 2 aromatic rings. The fraction of sp³-hybridized carbons (Fsp3) is 0.385. The first kappa shape index (κ1) is 12.4. The van der Waals surface area contributed by atoms with Crippen LogP contribution in [0.1, 0.15) is 11.7 Å². The maximum atomic E-state index is 11.7. The number of anilines is 1. The first-order chi connectivity index (χ1) is 9.18. The number of hydrogen-bond acceptors (Lipinski definition) is 4. The van der Waals surface area contributed by atoms with Gasteiger partial charge >= 0.3 is 0 Å². The van der Waals surface area contributed by atoms with Crippen LogP contribution in [0, 0.1) is 0 Å². The molecule has 0 atom stereocenters. The lowest BCUT2D eigenvalue weighted by atomic mass is 10.2. The fourth-order valence-electron chi connectivity index (χ4n) is 2.35. The number of nitrogens with zero attached hydrogens (tertiary/aromatic N) is 3. The number of para-hydroxylation sites is 1. The van der Waals surface area contributed by atoms with E-state index in [2.05, 4.69) is 10.00 Å². The summed E-state index contributed by atoms with van der Waals surface area (Å²) in [7, 11) is 0. The molecule has 0 unspecified atom stereocenters. The van der Waals surface area contributed by atoms with E-state index in [4.69, 9.17) is 16.3 Å². The maximum Gasteiger partial charge on any atom is 0.244 e. The van der Waals surface area contributed by atoms with Gasteiger partial charge in [-0.15, -0.1) is 5.10 Å². The van der Waals surface area contributed by atoms with Gasteiger partial charge in [0, 0.05) is 25.4 Å². The van der Waals surface area contributed by atoms with Crippen LogP contribution in [0.25, 0.3) is 10.9 Å². The smallest absolute Gasteiger partial charge is 0.244 e. The number of fused-ring (bicyclic) bond motifs is 1. The zero-order valence-corrected chi connectivity index (χ0v) is 11.4. The molecule has 1 fully saturated rings. The van der Waals surface area contributed by atoms with E-state index < -0.39 is 0 Å². The molecule has 0 bridgehead atoms. The highest BCUT2D eigenvalue weighted by Crippen LogP contribution is 2.31. The summed E-state index contributed by atoms with van der Waals surface area (Å²) in [4.78, 5) is 13.8. The Morgan fingerprint density at radius 3 is 2.79 bits per heavy atom. The minimum Gasteiger partial charge on any atom is -0.378 e. The van der Waals surface area contributed by atoms with Gasteiger partial charge in [0.1, 0.15) is 0 Å². The predicted octanol–water partition coefficient (Wildman–Crippen LogP) is 2.19. The lowest BCUT2D eigenvalue weighted by molar-refractivity contribution is 0.0926. The van der Waals surface area contributed by atoms with Crippen LogP contribution in [-0.4, -0.2) is 42.0 Å². The molecule has 1 saturated heterocycles. The van der Waals surface area contributed by atoms with Crippen molar-refractivity contribution in [2.24, 2.45) is 0 Å². The molecular formula is C13H14ClN3O2. The number of aromatic nitrogens is 2. The Morgan fingerprint density at radius 2 is 2.11 bits per heavy atom.